The molecule has 2 N–H and O–H groups in total. The maximum atomic E-state index is 13.6. The Bertz CT molecular complexity index is 835. The first kappa shape index (κ1) is 23.1. The summed E-state index contributed by atoms with van der Waals surface area (Å²) in [6.45, 7) is 1.05. The minimum atomic E-state index is -0.500. The largest absolute Gasteiger partial charge is 0.354 e. The number of rotatable bonds is 8. The number of halogens is 1. The molecule has 0 radical (unpaired) electrons. The summed E-state index contributed by atoms with van der Waals surface area (Å²) in [6, 6.07) is 6.66. The first-order chi connectivity index (χ1) is 15.5. The molecule has 1 heterocycles. The third kappa shape index (κ3) is 5.64. The molecule has 3 fully saturated rings. The van der Waals surface area contributed by atoms with Crippen molar-refractivity contribution in [3.05, 3.63) is 34.9 Å². The van der Waals surface area contributed by atoms with Crippen molar-refractivity contribution in [3.63, 3.8) is 0 Å². The van der Waals surface area contributed by atoms with E-state index in [0.717, 1.165) is 50.5 Å². The number of hydrogen-bond donors (Lipinski definition) is 2. The molecule has 174 valence electrons. The molecule has 7 heteroatoms. The predicted molar refractivity (Wildman–Crippen MR) is 124 cm³/mol. The molecule has 0 aromatic heterocycles. The van der Waals surface area contributed by atoms with Crippen molar-refractivity contribution in [1.82, 2.24) is 15.5 Å². The lowest BCUT2D eigenvalue weighted by Gasteiger charge is -2.34. The van der Waals surface area contributed by atoms with Crippen LogP contribution in [0.15, 0.2) is 24.3 Å². The van der Waals surface area contributed by atoms with Crippen LogP contribution >= 0.6 is 11.6 Å². The molecule has 0 unspecified atom stereocenters. The molecule has 2 aliphatic carbocycles. The summed E-state index contributed by atoms with van der Waals surface area (Å²) in [6.07, 6.45) is 9.25. The van der Waals surface area contributed by atoms with Crippen molar-refractivity contribution in [2.24, 2.45) is 11.8 Å². The Morgan fingerprint density at radius 1 is 0.969 bits per heavy atom. The SMILES string of the molecule is O=C(N[C@H](C(=O)N1CCC[C@H]1C(=O)NCCc1ccccc1Cl)C1CCCCC1)C1CC1. The molecule has 1 saturated heterocycles. The van der Waals surface area contributed by atoms with Gasteiger partial charge < -0.3 is 15.5 Å². The maximum Gasteiger partial charge on any atom is 0.246 e. The molecule has 2 saturated carbocycles. The van der Waals surface area contributed by atoms with E-state index in [1.165, 1.54) is 6.42 Å². The van der Waals surface area contributed by atoms with Crippen LogP contribution in [0.2, 0.25) is 5.02 Å². The lowest BCUT2D eigenvalue weighted by molar-refractivity contribution is -0.143. The zero-order valence-corrected chi connectivity index (χ0v) is 19.4. The summed E-state index contributed by atoms with van der Waals surface area (Å²) in [7, 11) is 0. The fourth-order valence-corrected chi connectivity index (χ4v) is 5.32. The van der Waals surface area contributed by atoms with Crippen LogP contribution < -0.4 is 10.6 Å². The minimum absolute atomic E-state index is 0.00821. The summed E-state index contributed by atoms with van der Waals surface area (Å²) >= 11 is 6.21. The second-order valence-corrected chi connectivity index (χ2v) is 9.89. The predicted octanol–water partition coefficient (Wildman–Crippen LogP) is 3.46. The van der Waals surface area contributed by atoms with Crippen LogP contribution in [-0.4, -0.2) is 47.8 Å². The van der Waals surface area contributed by atoms with Crippen LogP contribution in [0, 0.1) is 11.8 Å². The first-order valence-corrected chi connectivity index (χ1v) is 12.5. The topological polar surface area (TPSA) is 78.5 Å². The van der Waals surface area contributed by atoms with E-state index in [-0.39, 0.29) is 29.6 Å². The quantitative estimate of drug-likeness (QED) is 0.624. The number of nitrogens with one attached hydrogen (secondary N) is 2. The number of hydrogen-bond acceptors (Lipinski definition) is 3. The van der Waals surface area contributed by atoms with Gasteiger partial charge in [-0.2, -0.15) is 0 Å². The van der Waals surface area contributed by atoms with Crippen molar-refractivity contribution in [3.8, 4) is 0 Å². The van der Waals surface area contributed by atoms with Gasteiger partial charge in [0.1, 0.15) is 12.1 Å². The molecule has 4 rings (SSSR count). The van der Waals surface area contributed by atoms with Crippen LogP contribution in [0.25, 0.3) is 0 Å². The maximum absolute atomic E-state index is 13.6. The summed E-state index contributed by atoms with van der Waals surface area (Å²) in [4.78, 5) is 40.8. The Morgan fingerprint density at radius 2 is 1.72 bits per heavy atom. The summed E-state index contributed by atoms with van der Waals surface area (Å²) in [5.74, 6) is 0.0576. The van der Waals surface area contributed by atoms with Crippen LogP contribution in [0.5, 0.6) is 0 Å². The highest BCUT2D eigenvalue weighted by Gasteiger charge is 2.42. The number of amides is 3. The van der Waals surface area contributed by atoms with Gasteiger partial charge in [0, 0.05) is 24.0 Å². The Morgan fingerprint density at radius 3 is 2.44 bits per heavy atom. The highest BCUT2D eigenvalue weighted by atomic mass is 35.5. The van der Waals surface area contributed by atoms with Gasteiger partial charge in [-0.3, -0.25) is 14.4 Å². The lowest BCUT2D eigenvalue weighted by atomic mass is 9.83. The number of carbonyl (C=O) groups excluding carboxylic acids is 3. The standard InChI is InChI=1S/C25H34ClN3O3/c26-20-10-5-4-7-17(20)14-15-27-24(31)21-11-6-16-29(21)25(32)22(18-8-2-1-3-9-18)28-23(30)19-12-13-19/h4-5,7,10,18-19,21-22H,1-3,6,8-9,11-16H2,(H,27,31)(H,28,30)/t21-,22-/m0/s1. The van der Waals surface area contributed by atoms with E-state index in [0.29, 0.717) is 31.0 Å². The van der Waals surface area contributed by atoms with Crippen LogP contribution in [0.1, 0.15) is 63.4 Å². The van der Waals surface area contributed by atoms with Gasteiger partial charge in [0.2, 0.25) is 17.7 Å². The molecule has 32 heavy (non-hydrogen) atoms. The zero-order chi connectivity index (χ0) is 22.5. The molecule has 6 nitrogen and oxygen atoms in total. The Kier molecular flexibility index (Phi) is 7.71. The smallest absolute Gasteiger partial charge is 0.246 e. The van der Waals surface area contributed by atoms with E-state index >= 15 is 0 Å². The molecule has 3 aliphatic rings. The molecule has 2 atom stereocenters. The normalized spacial score (nSPS) is 22.4. The molecule has 0 spiro atoms. The fourth-order valence-electron chi connectivity index (χ4n) is 5.09. The number of benzene rings is 1. The molecular weight excluding hydrogens is 426 g/mol. The number of carbonyl (C=O) groups is 3. The van der Waals surface area contributed by atoms with Gasteiger partial charge in [-0.15, -0.1) is 0 Å². The van der Waals surface area contributed by atoms with E-state index in [1.807, 2.05) is 24.3 Å². The molecular formula is C25H34ClN3O3. The highest BCUT2D eigenvalue weighted by Crippen LogP contribution is 2.32. The summed E-state index contributed by atoms with van der Waals surface area (Å²) in [5, 5.41) is 6.77. The molecule has 1 aromatic carbocycles. The van der Waals surface area contributed by atoms with Gasteiger partial charge in [0.05, 0.1) is 0 Å². The highest BCUT2D eigenvalue weighted by molar-refractivity contribution is 6.31. The van der Waals surface area contributed by atoms with Crippen LogP contribution in [0.4, 0.5) is 0 Å². The summed E-state index contributed by atoms with van der Waals surface area (Å²) < 4.78 is 0. The van der Waals surface area contributed by atoms with Gasteiger partial charge in [0.25, 0.3) is 0 Å². The first-order valence-electron chi connectivity index (χ1n) is 12.2. The second kappa shape index (κ2) is 10.7. The van der Waals surface area contributed by atoms with Crippen molar-refractivity contribution in [1.29, 1.82) is 0 Å². The third-order valence-corrected chi connectivity index (χ3v) is 7.49. The van der Waals surface area contributed by atoms with E-state index in [2.05, 4.69) is 10.6 Å². The molecule has 3 amide bonds. The Labute approximate surface area is 195 Å². The second-order valence-electron chi connectivity index (χ2n) is 9.48. The third-order valence-electron chi connectivity index (χ3n) is 7.12. The Hall–Kier alpha value is -2.08. The average molecular weight is 460 g/mol. The van der Waals surface area contributed by atoms with Crippen LogP contribution in [-0.2, 0) is 20.8 Å². The van der Waals surface area contributed by atoms with E-state index in [4.69, 9.17) is 11.6 Å². The minimum Gasteiger partial charge on any atom is -0.354 e. The van der Waals surface area contributed by atoms with Gasteiger partial charge in [-0.05, 0) is 62.5 Å². The Balaban J connectivity index is 1.38. The van der Waals surface area contributed by atoms with Gasteiger partial charge >= 0.3 is 0 Å². The summed E-state index contributed by atoms with van der Waals surface area (Å²) in [5.41, 5.74) is 0.994. The monoisotopic (exact) mass is 459 g/mol. The molecule has 1 aliphatic heterocycles. The molecule has 1 aromatic rings. The van der Waals surface area contributed by atoms with Crippen molar-refractivity contribution < 1.29 is 14.4 Å². The van der Waals surface area contributed by atoms with Gasteiger partial charge in [-0.1, -0.05) is 49.1 Å². The van der Waals surface area contributed by atoms with Gasteiger partial charge in [-0.25, -0.2) is 0 Å². The van der Waals surface area contributed by atoms with Crippen molar-refractivity contribution in [2.75, 3.05) is 13.1 Å². The zero-order valence-electron chi connectivity index (χ0n) is 18.7. The number of likely N-dealkylation sites (tertiary alicyclic amines) is 1. The van der Waals surface area contributed by atoms with E-state index in [1.54, 1.807) is 4.90 Å². The van der Waals surface area contributed by atoms with Crippen LogP contribution in [0.3, 0.4) is 0 Å². The van der Waals surface area contributed by atoms with Crippen molar-refractivity contribution in [2.45, 2.75) is 76.3 Å². The van der Waals surface area contributed by atoms with E-state index in [9.17, 15) is 14.4 Å². The van der Waals surface area contributed by atoms with Gasteiger partial charge in [0.15, 0.2) is 0 Å². The number of nitrogens with zero attached hydrogens (tertiary/aromatic N) is 1. The van der Waals surface area contributed by atoms with E-state index < -0.39 is 12.1 Å². The molecule has 0 bridgehead atoms. The average Bonchev–Trinajstić information content (AvgIpc) is 3.55. The van der Waals surface area contributed by atoms with Crippen molar-refractivity contribution >= 4 is 29.3 Å². The lowest BCUT2D eigenvalue weighted by Crippen LogP contribution is -2.56. The fraction of sp³-hybridized carbons (Fsp3) is 0.640.